The molecule has 21 heavy (non-hydrogen) atoms. The maximum atomic E-state index is 12.6. The van der Waals surface area contributed by atoms with Crippen LogP contribution in [0, 0.1) is 11.3 Å². The molecule has 1 aromatic carbocycles. The SMILES string of the molecule is N#Cc1ccc(C(F)(F)F)nc1Oc1cc(N)cc(Br)c1. The molecule has 0 atom stereocenters. The van der Waals surface area contributed by atoms with E-state index in [-0.39, 0.29) is 11.3 Å². The van der Waals surface area contributed by atoms with E-state index in [9.17, 15) is 13.2 Å². The van der Waals surface area contributed by atoms with Crippen LogP contribution in [0.4, 0.5) is 18.9 Å². The Kier molecular flexibility index (Phi) is 4.04. The Labute approximate surface area is 126 Å². The maximum Gasteiger partial charge on any atom is 0.433 e. The summed E-state index contributed by atoms with van der Waals surface area (Å²) in [6, 6.07) is 7.96. The summed E-state index contributed by atoms with van der Waals surface area (Å²) in [6.45, 7) is 0. The molecule has 108 valence electrons. The number of alkyl halides is 3. The molecule has 0 saturated carbocycles. The van der Waals surface area contributed by atoms with Crippen LogP contribution in [0.15, 0.2) is 34.8 Å². The lowest BCUT2D eigenvalue weighted by atomic mass is 10.2. The van der Waals surface area contributed by atoms with Gasteiger partial charge >= 0.3 is 6.18 Å². The van der Waals surface area contributed by atoms with Gasteiger partial charge in [-0.05, 0) is 24.3 Å². The Morgan fingerprint density at radius 1 is 1.24 bits per heavy atom. The van der Waals surface area contributed by atoms with Crippen molar-refractivity contribution in [2.45, 2.75) is 6.18 Å². The lowest BCUT2D eigenvalue weighted by molar-refractivity contribution is -0.141. The van der Waals surface area contributed by atoms with Crippen LogP contribution in [0.5, 0.6) is 11.6 Å². The monoisotopic (exact) mass is 357 g/mol. The number of nitriles is 1. The van der Waals surface area contributed by atoms with Crippen LogP contribution >= 0.6 is 15.9 Å². The average Bonchev–Trinajstić information content (AvgIpc) is 2.36. The van der Waals surface area contributed by atoms with Gasteiger partial charge in [-0.15, -0.1) is 0 Å². The maximum absolute atomic E-state index is 12.6. The third-order valence-electron chi connectivity index (χ3n) is 2.38. The summed E-state index contributed by atoms with van der Waals surface area (Å²) in [6.07, 6.45) is -4.62. The van der Waals surface area contributed by atoms with Crippen molar-refractivity contribution in [1.29, 1.82) is 5.26 Å². The highest BCUT2D eigenvalue weighted by Crippen LogP contribution is 2.32. The average molecular weight is 358 g/mol. The van der Waals surface area contributed by atoms with Crippen molar-refractivity contribution in [3.63, 3.8) is 0 Å². The molecule has 0 amide bonds. The summed E-state index contributed by atoms with van der Waals surface area (Å²) in [7, 11) is 0. The van der Waals surface area contributed by atoms with Gasteiger partial charge in [-0.2, -0.15) is 18.4 Å². The molecule has 0 aliphatic carbocycles. The van der Waals surface area contributed by atoms with Crippen molar-refractivity contribution in [3.05, 3.63) is 46.1 Å². The van der Waals surface area contributed by atoms with Crippen LogP contribution < -0.4 is 10.5 Å². The van der Waals surface area contributed by atoms with E-state index in [0.717, 1.165) is 12.1 Å². The molecule has 1 heterocycles. The highest BCUT2D eigenvalue weighted by molar-refractivity contribution is 9.10. The van der Waals surface area contributed by atoms with Gasteiger partial charge in [0.15, 0.2) is 0 Å². The Hall–Kier alpha value is -2.27. The standard InChI is InChI=1S/C13H7BrF3N3O/c14-8-3-9(19)5-10(4-8)21-12-7(6-18)1-2-11(20-12)13(15,16)17/h1-5H,19H2. The van der Waals surface area contributed by atoms with Crippen LogP contribution in [0.2, 0.25) is 0 Å². The molecule has 4 nitrogen and oxygen atoms in total. The number of nitrogens with zero attached hydrogens (tertiary/aromatic N) is 2. The minimum atomic E-state index is -4.62. The predicted molar refractivity (Wildman–Crippen MR) is 72.6 cm³/mol. The largest absolute Gasteiger partial charge is 0.438 e. The summed E-state index contributed by atoms with van der Waals surface area (Å²) in [5.74, 6) is -0.255. The minimum absolute atomic E-state index is 0.110. The molecule has 0 aliphatic heterocycles. The lowest BCUT2D eigenvalue weighted by Crippen LogP contribution is -2.09. The first-order valence-corrected chi connectivity index (χ1v) is 6.31. The fraction of sp³-hybridized carbons (Fsp3) is 0.0769. The Balaban J connectivity index is 2.45. The first-order valence-electron chi connectivity index (χ1n) is 5.52. The molecule has 0 radical (unpaired) electrons. The molecule has 2 rings (SSSR count). The number of anilines is 1. The van der Waals surface area contributed by atoms with Gasteiger partial charge in [0, 0.05) is 16.2 Å². The highest BCUT2D eigenvalue weighted by Gasteiger charge is 2.33. The van der Waals surface area contributed by atoms with E-state index in [0.29, 0.717) is 10.2 Å². The molecule has 0 saturated heterocycles. The Morgan fingerprint density at radius 2 is 1.95 bits per heavy atom. The Morgan fingerprint density at radius 3 is 2.52 bits per heavy atom. The number of aromatic nitrogens is 1. The van der Waals surface area contributed by atoms with Gasteiger partial charge in [-0.1, -0.05) is 15.9 Å². The van der Waals surface area contributed by atoms with Crippen LogP contribution in [0.1, 0.15) is 11.3 Å². The van der Waals surface area contributed by atoms with E-state index in [1.165, 1.54) is 12.1 Å². The predicted octanol–water partition coefficient (Wildman–Crippen LogP) is 4.11. The number of hydrogen-bond acceptors (Lipinski definition) is 4. The molecule has 0 spiro atoms. The second kappa shape index (κ2) is 5.61. The molecular formula is C13H7BrF3N3O. The number of halogens is 4. The molecular weight excluding hydrogens is 351 g/mol. The van der Waals surface area contributed by atoms with E-state index < -0.39 is 17.8 Å². The summed E-state index contributed by atoms with van der Waals surface area (Å²) in [5, 5.41) is 8.91. The van der Waals surface area contributed by atoms with Crippen LogP contribution in [0.3, 0.4) is 0 Å². The number of nitrogen functional groups attached to an aromatic ring is 1. The van der Waals surface area contributed by atoms with E-state index >= 15 is 0 Å². The topological polar surface area (TPSA) is 71.9 Å². The number of benzene rings is 1. The van der Waals surface area contributed by atoms with E-state index in [1.807, 2.05) is 0 Å². The quantitative estimate of drug-likeness (QED) is 0.821. The normalized spacial score (nSPS) is 11.0. The molecule has 2 aromatic rings. The van der Waals surface area contributed by atoms with Gasteiger partial charge in [-0.3, -0.25) is 0 Å². The number of ether oxygens (including phenoxy) is 1. The molecule has 0 fully saturated rings. The smallest absolute Gasteiger partial charge is 0.433 e. The summed E-state index contributed by atoms with van der Waals surface area (Å²) >= 11 is 3.18. The van der Waals surface area contributed by atoms with Crippen molar-refractivity contribution >= 4 is 21.6 Å². The van der Waals surface area contributed by atoms with E-state index in [2.05, 4.69) is 20.9 Å². The summed E-state index contributed by atoms with van der Waals surface area (Å²) < 4.78 is 43.8. The van der Waals surface area contributed by atoms with Crippen molar-refractivity contribution in [2.24, 2.45) is 0 Å². The second-order valence-electron chi connectivity index (χ2n) is 3.98. The first kappa shape index (κ1) is 15.1. The third kappa shape index (κ3) is 3.64. The zero-order valence-electron chi connectivity index (χ0n) is 10.3. The fourth-order valence-electron chi connectivity index (χ4n) is 1.52. The van der Waals surface area contributed by atoms with Gasteiger partial charge in [-0.25, -0.2) is 4.98 Å². The second-order valence-corrected chi connectivity index (χ2v) is 4.90. The number of pyridine rings is 1. The summed E-state index contributed by atoms with van der Waals surface area (Å²) in [4.78, 5) is 3.34. The van der Waals surface area contributed by atoms with Gasteiger partial charge in [0.1, 0.15) is 23.1 Å². The van der Waals surface area contributed by atoms with Gasteiger partial charge in [0.25, 0.3) is 0 Å². The Bertz CT molecular complexity index is 705. The zero-order valence-corrected chi connectivity index (χ0v) is 11.9. The van der Waals surface area contributed by atoms with Gasteiger partial charge in [0.05, 0.1) is 0 Å². The molecule has 0 unspecified atom stereocenters. The van der Waals surface area contributed by atoms with Crippen LogP contribution in [-0.4, -0.2) is 4.98 Å². The number of hydrogen-bond donors (Lipinski definition) is 1. The number of rotatable bonds is 2. The van der Waals surface area contributed by atoms with Crippen molar-refractivity contribution in [1.82, 2.24) is 4.98 Å². The van der Waals surface area contributed by atoms with Crippen LogP contribution in [-0.2, 0) is 6.18 Å². The fourth-order valence-corrected chi connectivity index (χ4v) is 2.01. The van der Waals surface area contributed by atoms with Crippen molar-refractivity contribution in [2.75, 3.05) is 5.73 Å². The van der Waals surface area contributed by atoms with Gasteiger partial charge in [0.2, 0.25) is 5.88 Å². The highest BCUT2D eigenvalue weighted by atomic mass is 79.9. The minimum Gasteiger partial charge on any atom is -0.438 e. The van der Waals surface area contributed by atoms with Gasteiger partial charge < -0.3 is 10.5 Å². The van der Waals surface area contributed by atoms with E-state index in [4.69, 9.17) is 15.7 Å². The molecule has 2 N–H and O–H groups in total. The molecule has 0 bridgehead atoms. The van der Waals surface area contributed by atoms with Crippen molar-refractivity contribution < 1.29 is 17.9 Å². The number of nitrogens with two attached hydrogens (primary N) is 1. The molecule has 1 aromatic heterocycles. The lowest BCUT2D eigenvalue weighted by Gasteiger charge is -2.11. The molecule has 0 aliphatic rings. The third-order valence-corrected chi connectivity index (χ3v) is 2.84. The summed E-state index contributed by atoms with van der Waals surface area (Å²) in [5.41, 5.74) is 4.71. The van der Waals surface area contributed by atoms with Crippen molar-refractivity contribution in [3.8, 4) is 17.7 Å². The first-order chi connectivity index (χ1) is 9.79. The van der Waals surface area contributed by atoms with E-state index in [1.54, 1.807) is 12.1 Å². The van der Waals surface area contributed by atoms with Crippen LogP contribution in [0.25, 0.3) is 0 Å². The molecule has 8 heteroatoms. The zero-order chi connectivity index (χ0) is 15.6.